The van der Waals surface area contributed by atoms with Gasteiger partial charge in [-0.25, -0.2) is 9.37 Å². The van der Waals surface area contributed by atoms with Crippen LogP contribution >= 0.6 is 11.6 Å². The minimum absolute atomic E-state index is 0.193. The third kappa shape index (κ3) is 4.75. The van der Waals surface area contributed by atoms with Gasteiger partial charge in [0.2, 0.25) is 0 Å². The number of nitrogens with zero attached hydrogens (tertiary/aromatic N) is 2. The van der Waals surface area contributed by atoms with Crippen molar-refractivity contribution in [1.29, 1.82) is 0 Å². The average molecular weight is 441 g/mol. The van der Waals surface area contributed by atoms with E-state index in [1.54, 1.807) is 30.7 Å². The van der Waals surface area contributed by atoms with Gasteiger partial charge in [0.1, 0.15) is 11.6 Å². The highest BCUT2D eigenvalue weighted by molar-refractivity contribution is 6.34. The number of nitrogens with one attached hydrogen (secondary N) is 1. The Hall–Kier alpha value is -2.83. The number of anilines is 1. The molecule has 0 spiro atoms. The summed E-state index contributed by atoms with van der Waals surface area (Å²) in [6, 6.07) is 9.00. The monoisotopic (exact) mass is 440 g/mol. The van der Waals surface area contributed by atoms with Gasteiger partial charge in [-0.2, -0.15) is 0 Å². The van der Waals surface area contributed by atoms with E-state index in [-0.39, 0.29) is 10.8 Å². The second kappa shape index (κ2) is 10.5. The van der Waals surface area contributed by atoms with Gasteiger partial charge < -0.3 is 11.1 Å². The number of pyridine rings is 2. The molecule has 0 amide bonds. The molecule has 7 heteroatoms. The molecule has 3 N–H and O–H groups in total. The fourth-order valence-electron chi connectivity index (χ4n) is 3.93. The van der Waals surface area contributed by atoms with E-state index >= 15 is 0 Å². The molecule has 31 heavy (non-hydrogen) atoms. The molecule has 1 fully saturated rings. The van der Waals surface area contributed by atoms with Crippen molar-refractivity contribution in [2.75, 3.05) is 19.4 Å². The molecule has 2 aromatic carbocycles. The first-order valence-corrected chi connectivity index (χ1v) is 10.7. The van der Waals surface area contributed by atoms with Crippen molar-refractivity contribution in [1.82, 2.24) is 9.97 Å². The average Bonchev–Trinajstić information content (AvgIpc) is 3.22. The van der Waals surface area contributed by atoms with Gasteiger partial charge >= 0.3 is 0 Å². The van der Waals surface area contributed by atoms with Crippen molar-refractivity contribution >= 4 is 28.2 Å². The zero-order chi connectivity index (χ0) is 22.4. The first-order chi connectivity index (χ1) is 15.1. The summed E-state index contributed by atoms with van der Waals surface area (Å²) in [6.45, 7) is 0. The maximum atomic E-state index is 14.5. The van der Waals surface area contributed by atoms with Gasteiger partial charge in [-0.3, -0.25) is 9.78 Å². The Morgan fingerprint density at radius 3 is 2.32 bits per heavy atom. The summed E-state index contributed by atoms with van der Waals surface area (Å²) in [5.41, 5.74) is 6.18. The fraction of sp³-hybridized carbons (Fsp3) is 0.292. The largest absolute Gasteiger partial charge is 0.373 e. The van der Waals surface area contributed by atoms with Crippen molar-refractivity contribution in [3.63, 3.8) is 0 Å². The topological polar surface area (TPSA) is 80.9 Å². The van der Waals surface area contributed by atoms with Crippen molar-refractivity contribution in [2.45, 2.75) is 31.6 Å². The van der Waals surface area contributed by atoms with E-state index in [1.807, 2.05) is 25.2 Å². The van der Waals surface area contributed by atoms with Crippen LogP contribution in [0, 0.1) is 5.82 Å². The van der Waals surface area contributed by atoms with Crippen LogP contribution in [0.3, 0.4) is 0 Å². The summed E-state index contributed by atoms with van der Waals surface area (Å²) in [6.07, 6.45) is 9.59. The number of benzene rings is 1. The Morgan fingerprint density at radius 2 is 1.77 bits per heavy atom. The van der Waals surface area contributed by atoms with Crippen LogP contribution < -0.4 is 16.5 Å². The highest BCUT2D eigenvalue weighted by atomic mass is 35.5. The molecule has 1 aliphatic rings. The van der Waals surface area contributed by atoms with Crippen molar-refractivity contribution in [3.05, 3.63) is 75.5 Å². The molecule has 0 atom stereocenters. The Labute approximate surface area is 186 Å². The molecule has 0 bridgehead atoms. The van der Waals surface area contributed by atoms with E-state index in [9.17, 15) is 9.18 Å². The van der Waals surface area contributed by atoms with Gasteiger partial charge in [-0.1, -0.05) is 36.6 Å². The molecule has 2 aromatic heterocycles. The fourth-order valence-corrected chi connectivity index (χ4v) is 4.33. The lowest BCUT2D eigenvalue weighted by atomic mass is 9.94. The molecular formula is C24H26ClFN4O. The second-order valence-electron chi connectivity index (χ2n) is 7.18. The van der Waals surface area contributed by atoms with Gasteiger partial charge in [-0.15, -0.1) is 0 Å². The lowest BCUT2D eigenvalue weighted by Crippen LogP contribution is -2.04. The Morgan fingerprint density at radius 1 is 1.10 bits per heavy atom. The maximum absolute atomic E-state index is 14.5. The molecule has 2 heterocycles. The van der Waals surface area contributed by atoms with E-state index in [1.165, 1.54) is 19.9 Å². The van der Waals surface area contributed by atoms with Crippen LogP contribution in [0.1, 0.15) is 37.2 Å². The Bertz CT molecular complexity index is 1120. The second-order valence-corrected chi connectivity index (χ2v) is 7.56. The molecule has 0 aliphatic heterocycles. The maximum Gasteiger partial charge on any atom is 0.197 e. The predicted octanol–water partition coefficient (Wildman–Crippen LogP) is 5.29. The first-order valence-electron chi connectivity index (χ1n) is 10.3. The third-order valence-electron chi connectivity index (χ3n) is 5.46. The first kappa shape index (κ1) is 22.8. The summed E-state index contributed by atoms with van der Waals surface area (Å²) >= 11 is 6.65. The normalized spacial score (nSPS) is 13.5. The molecule has 162 valence electrons. The van der Waals surface area contributed by atoms with Crippen LogP contribution in [0.2, 0.25) is 5.02 Å². The van der Waals surface area contributed by atoms with Gasteiger partial charge in [0.15, 0.2) is 5.43 Å². The van der Waals surface area contributed by atoms with Crippen molar-refractivity contribution < 1.29 is 4.39 Å². The summed E-state index contributed by atoms with van der Waals surface area (Å²) < 4.78 is 14.5. The molecule has 1 aliphatic carbocycles. The SMILES string of the molecule is CN.CNc1ncc(-c2ccc3c(=O)c3c2F)c(Cl)c1C1CCCC1.c1ccncc1. The van der Waals surface area contributed by atoms with Crippen LogP contribution in [0.4, 0.5) is 10.2 Å². The van der Waals surface area contributed by atoms with Gasteiger partial charge in [0, 0.05) is 47.7 Å². The molecule has 0 saturated heterocycles. The standard InChI is InChI=1S/C18H16ClFN2O.C5H5N.CH5N/c1-21-18-13(9-4-2-3-5-9)15(19)12(8-22-18)10-6-7-11-14(16(10)20)17(11)23;1-2-4-6-5-3-1;1-2/h6-9H,2-5H2,1H3,(H,21,22);1-5H;2H2,1H3. The van der Waals surface area contributed by atoms with Crippen molar-refractivity contribution in [2.24, 2.45) is 5.73 Å². The number of rotatable bonds is 3. The summed E-state index contributed by atoms with van der Waals surface area (Å²) in [4.78, 5) is 19.7. The summed E-state index contributed by atoms with van der Waals surface area (Å²) in [5, 5.41) is 4.30. The van der Waals surface area contributed by atoms with E-state index < -0.39 is 5.82 Å². The van der Waals surface area contributed by atoms with E-state index in [0.717, 1.165) is 24.2 Å². The number of fused-ring (bicyclic) bond motifs is 1. The highest BCUT2D eigenvalue weighted by Crippen LogP contribution is 2.45. The molecule has 5 nitrogen and oxygen atoms in total. The van der Waals surface area contributed by atoms with Crippen LogP contribution in [-0.2, 0) is 0 Å². The van der Waals surface area contributed by atoms with E-state index in [4.69, 9.17) is 11.6 Å². The van der Waals surface area contributed by atoms with Crippen LogP contribution in [-0.4, -0.2) is 24.1 Å². The minimum atomic E-state index is -0.481. The highest BCUT2D eigenvalue weighted by Gasteiger charge is 2.27. The van der Waals surface area contributed by atoms with Crippen LogP contribution in [0.25, 0.3) is 21.9 Å². The van der Waals surface area contributed by atoms with Crippen molar-refractivity contribution in [3.8, 4) is 11.1 Å². The van der Waals surface area contributed by atoms with E-state index in [2.05, 4.69) is 21.0 Å². The third-order valence-corrected chi connectivity index (χ3v) is 5.87. The Kier molecular flexibility index (Phi) is 7.71. The molecule has 4 aromatic rings. The van der Waals surface area contributed by atoms with Gasteiger partial charge in [0.05, 0.1) is 10.4 Å². The molecule has 5 rings (SSSR count). The van der Waals surface area contributed by atoms with Gasteiger partial charge in [0.25, 0.3) is 0 Å². The summed E-state index contributed by atoms with van der Waals surface area (Å²) in [5.74, 6) is 0.630. The predicted molar refractivity (Wildman–Crippen MR) is 126 cm³/mol. The molecule has 0 radical (unpaired) electrons. The molecule has 1 saturated carbocycles. The Balaban J connectivity index is 0.000000291. The summed E-state index contributed by atoms with van der Waals surface area (Å²) in [7, 11) is 3.32. The zero-order valence-electron chi connectivity index (χ0n) is 17.7. The van der Waals surface area contributed by atoms with Crippen LogP contribution in [0.5, 0.6) is 0 Å². The lowest BCUT2D eigenvalue weighted by molar-refractivity contribution is 0.644. The number of hydrogen-bond acceptors (Lipinski definition) is 5. The smallest absolute Gasteiger partial charge is 0.197 e. The number of halogens is 2. The number of nitrogens with two attached hydrogens (primary N) is 1. The zero-order valence-corrected chi connectivity index (χ0v) is 18.4. The molecular weight excluding hydrogens is 415 g/mol. The number of hydrogen-bond donors (Lipinski definition) is 2. The quantitative estimate of drug-likeness (QED) is 0.452. The minimum Gasteiger partial charge on any atom is -0.373 e. The van der Waals surface area contributed by atoms with E-state index in [0.29, 0.717) is 27.5 Å². The molecule has 0 unspecified atom stereocenters. The number of aromatic nitrogens is 2. The lowest BCUT2D eigenvalue weighted by Gasteiger charge is -2.18. The van der Waals surface area contributed by atoms with Crippen LogP contribution in [0.15, 0.2) is 53.7 Å². The van der Waals surface area contributed by atoms with Gasteiger partial charge in [-0.05, 0) is 44.0 Å².